The monoisotopic (exact) mass is 275 g/mol. The average Bonchev–Trinajstić information content (AvgIpc) is 2.48. The van der Waals surface area contributed by atoms with Crippen molar-refractivity contribution >= 4 is 5.82 Å². The minimum absolute atomic E-state index is 0.572. The van der Waals surface area contributed by atoms with Crippen LogP contribution >= 0.6 is 0 Å². The number of rotatable bonds is 6. The molecule has 2 rings (SSSR count). The molecule has 1 aromatic heterocycles. The Bertz CT molecular complexity index is 408. The molecular weight excluding hydrogens is 246 g/mol. The maximum absolute atomic E-state index is 4.38. The highest BCUT2D eigenvalue weighted by atomic mass is 15.1. The molecular formula is C17H29N3. The first-order chi connectivity index (χ1) is 9.65. The first-order valence-corrected chi connectivity index (χ1v) is 8.06. The van der Waals surface area contributed by atoms with Gasteiger partial charge < -0.3 is 5.32 Å². The highest BCUT2D eigenvalue weighted by Gasteiger charge is 2.27. The third-order valence-electron chi connectivity index (χ3n) is 4.70. The van der Waals surface area contributed by atoms with Crippen molar-refractivity contribution in [3.05, 3.63) is 23.9 Å². The summed E-state index contributed by atoms with van der Waals surface area (Å²) < 4.78 is 0. The molecule has 1 aliphatic rings. The minimum atomic E-state index is 0.572. The molecule has 0 aliphatic carbocycles. The molecule has 0 atom stereocenters. The predicted octanol–water partition coefficient (Wildman–Crippen LogP) is 3.92. The molecule has 0 radical (unpaired) electrons. The summed E-state index contributed by atoms with van der Waals surface area (Å²) in [4.78, 5) is 6.96. The van der Waals surface area contributed by atoms with Crippen molar-refractivity contribution in [3.8, 4) is 0 Å². The highest BCUT2D eigenvalue weighted by Crippen LogP contribution is 2.34. The van der Waals surface area contributed by atoms with Crippen LogP contribution in [0.5, 0.6) is 0 Å². The van der Waals surface area contributed by atoms with E-state index in [1.807, 2.05) is 6.20 Å². The van der Waals surface area contributed by atoms with E-state index in [9.17, 15) is 0 Å². The Balaban J connectivity index is 1.88. The van der Waals surface area contributed by atoms with Crippen molar-refractivity contribution in [3.63, 3.8) is 0 Å². The van der Waals surface area contributed by atoms with Crippen LogP contribution in [0.15, 0.2) is 18.3 Å². The van der Waals surface area contributed by atoms with Crippen molar-refractivity contribution < 1.29 is 0 Å². The minimum Gasteiger partial charge on any atom is -0.370 e. The Morgan fingerprint density at radius 3 is 2.70 bits per heavy atom. The van der Waals surface area contributed by atoms with Gasteiger partial charge >= 0.3 is 0 Å². The molecule has 0 spiro atoms. The van der Waals surface area contributed by atoms with Crippen LogP contribution in [-0.4, -0.2) is 29.5 Å². The molecule has 1 N–H and O–H groups in total. The summed E-state index contributed by atoms with van der Waals surface area (Å²) >= 11 is 0. The van der Waals surface area contributed by atoms with E-state index in [0.717, 1.165) is 25.3 Å². The van der Waals surface area contributed by atoms with Crippen LogP contribution in [0.2, 0.25) is 0 Å². The number of hydrogen-bond donors (Lipinski definition) is 1. The summed E-state index contributed by atoms with van der Waals surface area (Å²) in [7, 11) is 0. The summed E-state index contributed by atoms with van der Waals surface area (Å²) in [5, 5.41) is 3.36. The Hall–Kier alpha value is -1.09. The van der Waals surface area contributed by atoms with E-state index in [4.69, 9.17) is 0 Å². The van der Waals surface area contributed by atoms with Gasteiger partial charge in [0, 0.05) is 19.3 Å². The van der Waals surface area contributed by atoms with E-state index >= 15 is 0 Å². The number of likely N-dealkylation sites (tertiary alicyclic amines) is 1. The maximum Gasteiger partial charge on any atom is 0.126 e. The summed E-state index contributed by atoms with van der Waals surface area (Å²) in [5.41, 5.74) is 1.95. The van der Waals surface area contributed by atoms with E-state index in [1.165, 1.54) is 37.9 Å². The molecule has 1 saturated heterocycles. The number of aromatic nitrogens is 1. The molecule has 0 aromatic carbocycles. The molecule has 1 aliphatic heterocycles. The lowest BCUT2D eigenvalue weighted by Gasteiger charge is -2.39. The molecule has 0 amide bonds. The fraction of sp³-hybridized carbons (Fsp3) is 0.706. The van der Waals surface area contributed by atoms with Gasteiger partial charge in [-0.05, 0) is 55.5 Å². The van der Waals surface area contributed by atoms with Gasteiger partial charge in [-0.3, -0.25) is 4.90 Å². The SMILES string of the molecule is CCCNc1cc(CN2CCC(C)(CC)CC2)ccn1. The summed E-state index contributed by atoms with van der Waals surface area (Å²) in [6.07, 6.45) is 7.02. The van der Waals surface area contributed by atoms with E-state index in [-0.39, 0.29) is 0 Å². The van der Waals surface area contributed by atoms with Crippen molar-refractivity contribution in [2.45, 2.75) is 53.0 Å². The fourth-order valence-electron chi connectivity index (χ4n) is 2.79. The van der Waals surface area contributed by atoms with Gasteiger partial charge in [0.25, 0.3) is 0 Å². The second kappa shape index (κ2) is 7.07. The van der Waals surface area contributed by atoms with Gasteiger partial charge in [0.1, 0.15) is 5.82 Å². The summed E-state index contributed by atoms with van der Waals surface area (Å²) in [6.45, 7) is 11.4. The van der Waals surface area contributed by atoms with Crippen LogP contribution < -0.4 is 5.32 Å². The number of nitrogens with zero attached hydrogens (tertiary/aromatic N) is 2. The fourth-order valence-corrected chi connectivity index (χ4v) is 2.79. The zero-order valence-corrected chi connectivity index (χ0v) is 13.3. The Morgan fingerprint density at radius 2 is 2.05 bits per heavy atom. The zero-order chi connectivity index (χ0) is 14.4. The first kappa shape index (κ1) is 15.3. The van der Waals surface area contributed by atoms with Gasteiger partial charge in [-0.15, -0.1) is 0 Å². The molecule has 20 heavy (non-hydrogen) atoms. The molecule has 0 saturated carbocycles. The Kier molecular flexibility index (Phi) is 5.41. The third-order valence-corrected chi connectivity index (χ3v) is 4.70. The first-order valence-electron chi connectivity index (χ1n) is 8.06. The van der Waals surface area contributed by atoms with E-state index < -0.39 is 0 Å². The van der Waals surface area contributed by atoms with Gasteiger partial charge in [0.15, 0.2) is 0 Å². The van der Waals surface area contributed by atoms with E-state index in [1.54, 1.807) is 0 Å². The van der Waals surface area contributed by atoms with Crippen LogP contribution in [-0.2, 0) is 6.54 Å². The van der Waals surface area contributed by atoms with Crippen molar-refractivity contribution in [2.24, 2.45) is 5.41 Å². The van der Waals surface area contributed by atoms with Gasteiger partial charge in [0.05, 0.1) is 0 Å². The lowest BCUT2D eigenvalue weighted by atomic mass is 9.78. The van der Waals surface area contributed by atoms with Crippen LogP contribution in [0, 0.1) is 5.41 Å². The maximum atomic E-state index is 4.38. The van der Waals surface area contributed by atoms with Crippen LogP contribution in [0.25, 0.3) is 0 Å². The third kappa shape index (κ3) is 4.20. The molecule has 3 heteroatoms. The smallest absolute Gasteiger partial charge is 0.126 e. The lowest BCUT2D eigenvalue weighted by Crippen LogP contribution is -2.37. The number of nitrogens with one attached hydrogen (secondary N) is 1. The largest absolute Gasteiger partial charge is 0.370 e. The molecule has 1 aromatic rings. The second-order valence-electron chi connectivity index (χ2n) is 6.42. The second-order valence-corrected chi connectivity index (χ2v) is 6.42. The standard InChI is InChI=1S/C17H29N3/c1-4-9-18-16-13-15(6-10-19-16)14-20-11-7-17(3,5-2)8-12-20/h6,10,13H,4-5,7-9,11-12,14H2,1-3H3,(H,18,19). The molecule has 2 heterocycles. The van der Waals surface area contributed by atoms with Crippen molar-refractivity contribution in [2.75, 3.05) is 25.0 Å². The average molecular weight is 275 g/mol. The van der Waals surface area contributed by atoms with Gasteiger partial charge in [-0.2, -0.15) is 0 Å². The number of piperidine rings is 1. The topological polar surface area (TPSA) is 28.2 Å². The molecule has 0 unspecified atom stereocenters. The molecule has 3 nitrogen and oxygen atoms in total. The quantitative estimate of drug-likeness (QED) is 0.853. The van der Waals surface area contributed by atoms with Crippen molar-refractivity contribution in [1.29, 1.82) is 0 Å². The zero-order valence-electron chi connectivity index (χ0n) is 13.3. The van der Waals surface area contributed by atoms with Crippen LogP contribution in [0.4, 0.5) is 5.82 Å². The number of anilines is 1. The van der Waals surface area contributed by atoms with Gasteiger partial charge in [-0.1, -0.05) is 27.2 Å². The van der Waals surface area contributed by atoms with Crippen LogP contribution in [0.1, 0.15) is 52.0 Å². The number of pyridine rings is 1. The number of hydrogen-bond acceptors (Lipinski definition) is 3. The van der Waals surface area contributed by atoms with Gasteiger partial charge in [0.2, 0.25) is 0 Å². The highest BCUT2D eigenvalue weighted by molar-refractivity contribution is 5.37. The van der Waals surface area contributed by atoms with Gasteiger partial charge in [-0.25, -0.2) is 4.98 Å². The summed E-state index contributed by atoms with van der Waals surface area (Å²) in [6, 6.07) is 4.34. The normalized spacial score (nSPS) is 18.9. The Labute approximate surface area is 123 Å². The summed E-state index contributed by atoms with van der Waals surface area (Å²) in [5.74, 6) is 1.01. The lowest BCUT2D eigenvalue weighted by molar-refractivity contribution is 0.109. The predicted molar refractivity (Wildman–Crippen MR) is 85.9 cm³/mol. The molecule has 1 fully saturated rings. The van der Waals surface area contributed by atoms with E-state index in [0.29, 0.717) is 5.41 Å². The molecule has 112 valence electrons. The Morgan fingerprint density at radius 1 is 1.30 bits per heavy atom. The molecule has 0 bridgehead atoms. The van der Waals surface area contributed by atoms with Crippen molar-refractivity contribution in [1.82, 2.24) is 9.88 Å². The van der Waals surface area contributed by atoms with Crippen LogP contribution in [0.3, 0.4) is 0 Å². The van der Waals surface area contributed by atoms with E-state index in [2.05, 4.69) is 48.1 Å².